The Kier molecular flexibility index (Phi) is 5.04. The molecule has 37 heavy (non-hydrogen) atoms. The van der Waals surface area contributed by atoms with Gasteiger partial charge in [-0.05, 0) is 47.9 Å². The summed E-state index contributed by atoms with van der Waals surface area (Å²) in [7, 11) is 6.38. The summed E-state index contributed by atoms with van der Waals surface area (Å²) in [6.07, 6.45) is 2.13. The van der Waals surface area contributed by atoms with E-state index in [4.69, 9.17) is 9.47 Å². The van der Waals surface area contributed by atoms with Crippen LogP contribution in [0.3, 0.4) is 0 Å². The Bertz CT molecular complexity index is 1580. The molecule has 0 radical (unpaired) electrons. The molecule has 1 fully saturated rings. The first-order chi connectivity index (χ1) is 17.8. The molecule has 11 nitrogen and oxygen atoms in total. The van der Waals surface area contributed by atoms with E-state index in [1.54, 1.807) is 21.2 Å². The number of carbonyl (C=O) groups is 2. The van der Waals surface area contributed by atoms with Gasteiger partial charge in [0.05, 0.1) is 31.3 Å². The number of carbonyl (C=O) groups excluding carboxylic acids is 2. The van der Waals surface area contributed by atoms with Crippen LogP contribution in [0.15, 0.2) is 42.6 Å². The molecule has 0 bridgehead atoms. The average Bonchev–Trinajstić information content (AvgIpc) is 3.46. The Morgan fingerprint density at radius 3 is 2.73 bits per heavy atom. The second-order valence-corrected chi connectivity index (χ2v) is 9.41. The van der Waals surface area contributed by atoms with E-state index in [0.29, 0.717) is 11.6 Å². The largest absolute Gasteiger partial charge is 0.497 e. The minimum atomic E-state index is -0.576. The van der Waals surface area contributed by atoms with Crippen molar-refractivity contribution in [2.75, 3.05) is 38.9 Å². The number of anilines is 3. The standard InChI is InChI=1S/C26H25N7O4/c1-33(2)24(34)20-12-27-22(23(28-20)37-4)30-21-15-7-5-13(9-19(15)31-32-21)17-11-26(17)16-10-14(36-3)6-8-18(16)29-25(26)35/h5-10,12,17H,11H2,1-4H3,(H,29,35)(H2,27,30,31,32)/t17-,26-/m0/s1. The number of aromatic amines is 1. The Labute approximate surface area is 212 Å². The van der Waals surface area contributed by atoms with Gasteiger partial charge in [-0.3, -0.25) is 14.7 Å². The molecule has 1 aliphatic heterocycles. The van der Waals surface area contributed by atoms with Crippen LogP contribution in [0, 0.1) is 0 Å². The van der Waals surface area contributed by atoms with Crippen molar-refractivity contribution >= 4 is 40.0 Å². The van der Waals surface area contributed by atoms with Crippen LogP contribution in [0.4, 0.5) is 17.3 Å². The number of aromatic nitrogens is 4. The van der Waals surface area contributed by atoms with Gasteiger partial charge in [-0.2, -0.15) is 5.10 Å². The highest BCUT2D eigenvalue weighted by Gasteiger charge is 2.65. The van der Waals surface area contributed by atoms with Gasteiger partial charge in [0.2, 0.25) is 5.91 Å². The van der Waals surface area contributed by atoms with E-state index >= 15 is 0 Å². The summed E-state index contributed by atoms with van der Waals surface area (Å²) in [5.74, 6) is 1.60. The fraction of sp³-hybridized carbons (Fsp3) is 0.269. The second kappa shape index (κ2) is 8.19. The van der Waals surface area contributed by atoms with E-state index in [9.17, 15) is 9.59 Å². The molecule has 3 N–H and O–H groups in total. The molecule has 6 rings (SSSR count). The van der Waals surface area contributed by atoms with Crippen LogP contribution < -0.4 is 20.1 Å². The number of methoxy groups -OCH3 is 2. The number of rotatable bonds is 6. The lowest BCUT2D eigenvalue weighted by Crippen LogP contribution is -2.23. The summed E-state index contributed by atoms with van der Waals surface area (Å²) in [6, 6.07) is 11.7. The maximum Gasteiger partial charge on any atom is 0.273 e. The van der Waals surface area contributed by atoms with Crippen LogP contribution >= 0.6 is 0 Å². The van der Waals surface area contributed by atoms with Gasteiger partial charge in [-0.25, -0.2) is 9.97 Å². The molecule has 2 amide bonds. The molecule has 4 aromatic rings. The lowest BCUT2D eigenvalue weighted by Gasteiger charge is -2.12. The van der Waals surface area contributed by atoms with Gasteiger partial charge in [-0.15, -0.1) is 0 Å². The number of benzene rings is 2. The van der Waals surface area contributed by atoms with Gasteiger partial charge in [0.25, 0.3) is 11.8 Å². The summed E-state index contributed by atoms with van der Waals surface area (Å²) in [5, 5.41) is 14.5. The molecule has 0 saturated heterocycles. The third-order valence-corrected chi connectivity index (χ3v) is 7.11. The van der Waals surface area contributed by atoms with Crippen molar-refractivity contribution in [1.29, 1.82) is 0 Å². The molecule has 2 aromatic carbocycles. The molecule has 2 atom stereocenters. The maximum atomic E-state index is 13.0. The Hall–Kier alpha value is -4.67. The summed E-state index contributed by atoms with van der Waals surface area (Å²) in [5.41, 5.74) is 3.30. The van der Waals surface area contributed by atoms with Crippen LogP contribution in [0.25, 0.3) is 10.9 Å². The molecule has 2 aromatic heterocycles. The molecule has 1 saturated carbocycles. The monoisotopic (exact) mass is 499 g/mol. The number of fused-ring (bicyclic) bond motifs is 3. The zero-order chi connectivity index (χ0) is 25.9. The number of amides is 2. The number of H-pyrrole nitrogens is 1. The topological polar surface area (TPSA) is 134 Å². The highest BCUT2D eigenvalue weighted by Crippen LogP contribution is 2.65. The van der Waals surface area contributed by atoms with Crippen LogP contribution in [0.5, 0.6) is 11.6 Å². The summed E-state index contributed by atoms with van der Waals surface area (Å²) < 4.78 is 10.7. The number of nitrogens with one attached hydrogen (secondary N) is 3. The molecule has 0 unspecified atom stereocenters. The van der Waals surface area contributed by atoms with Gasteiger partial charge in [-0.1, -0.05) is 6.07 Å². The minimum absolute atomic E-state index is 0.0229. The summed E-state index contributed by atoms with van der Waals surface area (Å²) >= 11 is 0. The Morgan fingerprint density at radius 2 is 1.97 bits per heavy atom. The highest BCUT2D eigenvalue weighted by molar-refractivity contribution is 6.10. The predicted molar refractivity (Wildman–Crippen MR) is 137 cm³/mol. The third-order valence-electron chi connectivity index (χ3n) is 7.11. The van der Waals surface area contributed by atoms with E-state index in [1.165, 1.54) is 18.2 Å². The van der Waals surface area contributed by atoms with Crippen molar-refractivity contribution < 1.29 is 19.1 Å². The van der Waals surface area contributed by atoms with Crippen molar-refractivity contribution in [1.82, 2.24) is 25.1 Å². The number of ether oxygens (including phenoxy) is 2. The van der Waals surface area contributed by atoms with E-state index in [0.717, 1.165) is 39.9 Å². The minimum Gasteiger partial charge on any atom is -0.497 e. The zero-order valence-electron chi connectivity index (χ0n) is 20.7. The van der Waals surface area contributed by atoms with Crippen molar-refractivity contribution in [2.24, 2.45) is 0 Å². The van der Waals surface area contributed by atoms with Gasteiger partial charge < -0.3 is 25.0 Å². The van der Waals surface area contributed by atoms with E-state index in [2.05, 4.69) is 30.8 Å². The molecular formula is C26H25N7O4. The fourth-order valence-electron chi connectivity index (χ4n) is 5.09. The van der Waals surface area contributed by atoms with Crippen LogP contribution in [-0.2, 0) is 10.2 Å². The van der Waals surface area contributed by atoms with Gasteiger partial charge in [0.15, 0.2) is 17.3 Å². The first kappa shape index (κ1) is 22.8. The lowest BCUT2D eigenvalue weighted by atomic mass is 9.91. The van der Waals surface area contributed by atoms with Crippen molar-refractivity contribution in [3.8, 4) is 11.6 Å². The number of nitrogens with zero attached hydrogens (tertiary/aromatic N) is 4. The Morgan fingerprint density at radius 1 is 1.14 bits per heavy atom. The van der Waals surface area contributed by atoms with Crippen LogP contribution in [0.1, 0.15) is 34.0 Å². The number of hydrogen-bond donors (Lipinski definition) is 3. The maximum absolute atomic E-state index is 13.0. The molecule has 188 valence electrons. The molecule has 1 aliphatic carbocycles. The molecule has 3 heterocycles. The fourth-order valence-corrected chi connectivity index (χ4v) is 5.09. The molecule has 2 aliphatic rings. The van der Waals surface area contributed by atoms with E-state index in [1.807, 2.05) is 36.4 Å². The smallest absolute Gasteiger partial charge is 0.273 e. The van der Waals surface area contributed by atoms with Crippen molar-refractivity contribution in [2.45, 2.75) is 17.8 Å². The van der Waals surface area contributed by atoms with Crippen LogP contribution in [-0.4, -0.2) is 65.2 Å². The quantitative estimate of drug-likeness (QED) is 0.368. The first-order valence-electron chi connectivity index (χ1n) is 11.7. The first-order valence-corrected chi connectivity index (χ1v) is 11.7. The normalized spacial score (nSPS) is 19.5. The van der Waals surface area contributed by atoms with Crippen molar-refractivity contribution in [3.05, 3.63) is 59.4 Å². The van der Waals surface area contributed by atoms with Gasteiger partial charge in [0, 0.05) is 31.1 Å². The average molecular weight is 500 g/mol. The van der Waals surface area contributed by atoms with Crippen molar-refractivity contribution in [3.63, 3.8) is 0 Å². The third kappa shape index (κ3) is 3.45. The molecule has 1 spiro atoms. The van der Waals surface area contributed by atoms with E-state index in [-0.39, 0.29) is 29.3 Å². The van der Waals surface area contributed by atoms with Gasteiger partial charge >= 0.3 is 0 Å². The van der Waals surface area contributed by atoms with E-state index < -0.39 is 5.41 Å². The lowest BCUT2D eigenvalue weighted by molar-refractivity contribution is -0.118. The second-order valence-electron chi connectivity index (χ2n) is 9.41. The molecule has 11 heteroatoms. The number of hydrogen-bond acceptors (Lipinski definition) is 8. The van der Waals surface area contributed by atoms with Gasteiger partial charge in [0.1, 0.15) is 5.75 Å². The van der Waals surface area contributed by atoms with Crippen LogP contribution in [0.2, 0.25) is 0 Å². The SMILES string of the molecule is COc1ccc2c(c1)[C@]1(C[C@H]1c1ccc3c(Nc4ncc(C(=O)N(C)C)nc4OC)n[nH]c3c1)C(=O)N2. The highest BCUT2D eigenvalue weighted by atomic mass is 16.5. The predicted octanol–water partition coefficient (Wildman–Crippen LogP) is 3.19. The Balaban J connectivity index is 1.28. The summed E-state index contributed by atoms with van der Waals surface area (Å²) in [6.45, 7) is 0. The molecular weight excluding hydrogens is 474 g/mol. The zero-order valence-corrected chi connectivity index (χ0v) is 20.7. The summed E-state index contributed by atoms with van der Waals surface area (Å²) in [4.78, 5) is 35.2.